The monoisotopic (exact) mass is 398 g/mol. The van der Waals surface area contributed by atoms with E-state index in [9.17, 15) is 28.6 Å². The zero-order valence-electron chi connectivity index (χ0n) is 14.3. The van der Waals surface area contributed by atoms with Gasteiger partial charge < -0.3 is 14.9 Å². The smallest absolute Gasteiger partial charge is 0.342 e. The molecule has 0 radical (unpaired) electrons. The summed E-state index contributed by atoms with van der Waals surface area (Å²) in [5, 5.41) is 19.6. The lowest BCUT2D eigenvalue weighted by Gasteiger charge is -2.17. The van der Waals surface area contributed by atoms with E-state index in [0.717, 1.165) is 12.1 Å². The SMILES string of the molecule is CC1C[C@@H]2C(/C=C\C=C\C(=O)Cc3c(Cl)c(O)cc(O)c3C(=O)O1)C2(F)F. The quantitative estimate of drug-likeness (QED) is 0.649. The van der Waals surface area contributed by atoms with Crippen molar-refractivity contribution in [3.63, 3.8) is 0 Å². The van der Waals surface area contributed by atoms with Gasteiger partial charge in [0, 0.05) is 24.0 Å². The zero-order chi connectivity index (χ0) is 19.9. The number of ether oxygens (including phenoxy) is 1. The van der Waals surface area contributed by atoms with Gasteiger partial charge >= 0.3 is 5.97 Å². The second-order valence-corrected chi connectivity index (χ2v) is 7.11. The number of hydrogen-bond donors (Lipinski definition) is 2. The van der Waals surface area contributed by atoms with Crippen molar-refractivity contribution in [2.24, 2.45) is 11.8 Å². The summed E-state index contributed by atoms with van der Waals surface area (Å²) in [6, 6.07) is 0.865. The molecule has 0 amide bonds. The molecule has 8 heteroatoms. The first-order valence-electron chi connectivity index (χ1n) is 8.32. The molecule has 0 bridgehead atoms. The molecular weight excluding hydrogens is 382 g/mol. The molecule has 1 aliphatic heterocycles. The highest BCUT2D eigenvalue weighted by Crippen LogP contribution is 2.58. The maximum Gasteiger partial charge on any atom is 0.342 e. The van der Waals surface area contributed by atoms with Gasteiger partial charge in [-0.05, 0) is 19.4 Å². The Bertz CT molecular complexity index is 862. The van der Waals surface area contributed by atoms with Crippen LogP contribution >= 0.6 is 11.6 Å². The van der Waals surface area contributed by atoms with Crippen molar-refractivity contribution in [1.82, 2.24) is 0 Å². The number of fused-ring (bicyclic) bond motifs is 2. The molecule has 1 fully saturated rings. The number of phenolic OH excluding ortho intramolecular Hbond substituents is 2. The second kappa shape index (κ2) is 6.96. The van der Waals surface area contributed by atoms with Crippen molar-refractivity contribution in [3.8, 4) is 11.5 Å². The minimum atomic E-state index is -2.90. The molecule has 1 saturated carbocycles. The van der Waals surface area contributed by atoms with E-state index in [1.54, 1.807) is 0 Å². The lowest BCUT2D eigenvalue weighted by atomic mass is 10.00. The van der Waals surface area contributed by atoms with Crippen molar-refractivity contribution < 1.29 is 33.3 Å². The van der Waals surface area contributed by atoms with Gasteiger partial charge in [0.15, 0.2) is 5.78 Å². The summed E-state index contributed by atoms with van der Waals surface area (Å²) in [6.45, 7) is 1.47. The van der Waals surface area contributed by atoms with Crippen LogP contribution in [-0.2, 0) is 16.0 Å². The van der Waals surface area contributed by atoms with E-state index in [2.05, 4.69) is 0 Å². The summed E-state index contributed by atoms with van der Waals surface area (Å²) in [5.41, 5.74) is -0.449. The number of ketones is 1. The molecule has 0 spiro atoms. The van der Waals surface area contributed by atoms with Crippen LogP contribution in [0.25, 0.3) is 0 Å². The molecule has 5 nitrogen and oxygen atoms in total. The number of carbonyl (C=O) groups is 2. The standard InChI is InChI=1S/C19H17ClF2O5/c1-9-6-13-12(19(13,21)22)5-3-2-4-10(23)7-11-16(18(26)27-9)14(24)8-15(25)17(11)20/h2-5,8-9,12-13,24-25H,6-7H2,1H3/b4-2+,5-3-/t9?,12?,13-/m1/s1. The number of cyclic esters (lactones) is 1. The first kappa shape index (κ1) is 19.4. The molecular formula is C19H17ClF2O5. The summed E-state index contributed by atoms with van der Waals surface area (Å²) in [4.78, 5) is 24.6. The highest BCUT2D eigenvalue weighted by molar-refractivity contribution is 6.33. The number of esters is 1. The summed E-state index contributed by atoms with van der Waals surface area (Å²) in [7, 11) is 0. The van der Waals surface area contributed by atoms with Gasteiger partial charge in [-0.3, -0.25) is 4.79 Å². The van der Waals surface area contributed by atoms with Gasteiger partial charge in [0.1, 0.15) is 17.1 Å². The molecule has 2 N–H and O–H groups in total. The Balaban J connectivity index is 2.02. The molecule has 1 heterocycles. The topological polar surface area (TPSA) is 83.8 Å². The predicted octanol–water partition coefficient (Wildman–Crippen LogP) is 3.81. The molecule has 0 saturated heterocycles. The first-order chi connectivity index (χ1) is 12.6. The zero-order valence-corrected chi connectivity index (χ0v) is 15.0. The van der Waals surface area contributed by atoms with Gasteiger partial charge in [-0.1, -0.05) is 29.8 Å². The fourth-order valence-electron chi connectivity index (χ4n) is 3.29. The van der Waals surface area contributed by atoms with Crippen molar-refractivity contribution in [2.75, 3.05) is 0 Å². The minimum absolute atomic E-state index is 0.0572. The van der Waals surface area contributed by atoms with Crippen LogP contribution in [0.2, 0.25) is 5.02 Å². The fourth-order valence-corrected chi connectivity index (χ4v) is 3.50. The average molecular weight is 399 g/mol. The van der Waals surface area contributed by atoms with Gasteiger partial charge in [0.25, 0.3) is 5.92 Å². The Morgan fingerprint density at radius 3 is 2.63 bits per heavy atom. The summed E-state index contributed by atoms with van der Waals surface area (Å²) in [6.07, 6.45) is 3.89. The number of alkyl halides is 2. The number of aromatic hydroxyl groups is 2. The Hall–Kier alpha value is -2.41. The van der Waals surface area contributed by atoms with Crippen molar-refractivity contribution in [3.05, 3.63) is 46.5 Å². The Morgan fingerprint density at radius 1 is 1.22 bits per heavy atom. The van der Waals surface area contributed by atoms with Gasteiger partial charge in [-0.15, -0.1) is 0 Å². The minimum Gasteiger partial charge on any atom is -0.507 e. The van der Waals surface area contributed by atoms with E-state index in [1.165, 1.54) is 25.2 Å². The lowest BCUT2D eigenvalue weighted by Crippen LogP contribution is -2.19. The van der Waals surface area contributed by atoms with E-state index in [4.69, 9.17) is 16.3 Å². The highest BCUT2D eigenvalue weighted by Gasteiger charge is 2.66. The molecule has 1 aliphatic carbocycles. The molecule has 3 atom stereocenters. The number of allylic oxidation sites excluding steroid dienone is 4. The number of phenols is 2. The third-order valence-electron chi connectivity index (χ3n) is 4.75. The highest BCUT2D eigenvalue weighted by atomic mass is 35.5. The first-order valence-corrected chi connectivity index (χ1v) is 8.70. The van der Waals surface area contributed by atoms with Crippen LogP contribution in [0.3, 0.4) is 0 Å². The third-order valence-corrected chi connectivity index (χ3v) is 5.17. The Kier molecular flexibility index (Phi) is 4.99. The van der Waals surface area contributed by atoms with Crippen LogP contribution in [-0.4, -0.2) is 34.0 Å². The van der Waals surface area contributed by atoms with Gasteiger partial charge in [0.05, 0.1) is 17.0 Å². The van der Waals surface area contributed by atoms with Crippen LogP contribution in [0, 0.1) is 11.8 Å². The van der Waals surface area contributed by atoms with E-state index < -0.39 is 47.1 Å². The van der Waals surface area contributed by atoms with Crippen molar-refractivity contribution >= 4 is 23.4 Å². The van der Waals surface area contributed by atoms with E-state index in [0.29, 0.717) is 0 Å². The molecule has 0 aromatic heterocycles. The van der Waals surface area contributed by atoms with Crippen molar-refractivity contribution in [1.29, 1.82) is 0 Å². The Labute approximate surface area is 158 Å². The number of rotatable bonds is 0. The lowest BCUT2D eigenvalue weighted by molar-refractivity contribution is -0.114. The summed E-state index contributed by atoms with van der Waals surface area (Å²) < 4.78 is 32.9. The van der Waals surface area contributed by atoms with Crippen LogP contribution in [0.5, 0.6) is 11.5 Å². The van der Waals surface area contributed by atoms with E-state index >= 15 is 0 Å². The largest absolute Gasteiger partial charge is 0.507 e. The Morgan fingerprint density at radius 2 is 1.93 bits per heavy atom. The molecule has 27 heavy (non-hydrogen) atoms. The van der Waals surface area contributed by atoms with E-state index in [1.807, 2.05) is 0 Å². The van der Waals surface area contributed by atoms with Gasteiger partial charge in [0.2, 0.25) is 0 Å². The second-order valence-electron chi connectivity index (χ2n) is 6.73. The summed E-state index contributed by atoms with van der Waals surface area (Å²) >= 11 is 6.01. The van der Waals surface area contributed by atoms with Crippen molar-refractivity contribution in [2.45, 2.75) is 31.8 Å². The molecule has 1 aromatic carbocycles. The fraction of sp³-hybridized carbons (Fsp3) is 0.368. The van der Waals surface area contributed by atoms with E-state index in [-0.39, 0.29) is 29.0 Å². The summed E-state index contributed by atoms with van der Waals surface area (Å²) in [5.74, 6) is -7.45. The molecule has 1 aromatic rings. The van der Waals surface area contributed by atoms with Crippen LogP contribution in [0.15, 0.2) is 30.4 Å². The maximum atomic E-state index is 13.9. The van der Waals surface area contributed by atoms with Crippen LogP contribution < -0.4 is 0 Å². The number of hydrogen-bond acceptors (Lipinski definition) is 5. The number of benzene rings is 1. The molecule has 2 aliphatic rings. The molecule has 3 rings (SSSR count). The normalized spacial score (nSPS) is 29.7. The maximum absolute atomic E-state index is 13.9. The van der Waals surface area contributed by atoms with Gasteiger partial charge in [-0.2, -0.15) is 0 Å². The van der Waals surface area contributed by atoms with Crippen LogP contribution in [0.1, 0.15) is 29.3 Å². The molecule has 144 valence electrons. The number of halogens is 3. The van der Waals surface area contributed by atoms with Crippen LogP contribution in [0.4, 0.5) is 8.78 Å². The molecule has 2 unspecified atom stereocenters. The number of carbonyl (C=O) groups excluding carboxylic acids is 2. The average Bonchev–Trinajstić information content (AvgIpc) is 3.07. The van der Waals surface area contributed by atoms with Gasteiger partial charge in [-0.25, -0.2) is 13.6 Å². The third kappa shape index (κ3) is 3.69. The predicted molar refractivity (Wildman–Crippen MR) is 93.2 cm³/mol.